The quantitative estimate of drug-likeness (QED) is 0.526. The molecule has 46 valence electrons. The molecule has 1 unspecified atom stereocenters. The van der Waals surface area contributed by atoms with Gasteiger partial charge in [-0.15, -0.1) is 0 Å². The summed E-state index contributed by atoms with van der Waals surface area (Å²) < 4.78 is 4.85. The molecule has 1 fully saturated rings. The summed E-state index contributed by atoms with van der Waals surface area (Å²) >= 11 is 0. The monoisotopic (exact) mass is 116 g/mol. The number of ether oxygens (including phenoxy) is 1. The van der Waals surface area contributed by atoms with E-state index in [0.717, 1.165) is 0 Å². The van der Waals surface area contributed by atoms with Gasteiger partial charge in [0, 0.05) is 0 Å². The van der Waals surface area contributed by atoms with Crippen molar-refractivity contribution >= 4 is 5.97 Å². The van der Waals surface area contributed by atoms with Gasteiger partial charge in [0.25, 0.3) is 0 Å². The maximum absolute atomic E-state index is 9.92. The highest BCUT2D eigenvalue weighted by molar-refractivity contribution is 5.67. The van der Waals surface area contributed by atoms with Crippen LogP contribution in [0, 0.1) is 0 Å². The van der Waals surface area contributed by atoms with Crippen molar-refractivity contribution in [3.05, 3.63) is 0 Å². The van der Waals surface area contributed by atoms with Gasteiger partial charge in [0.1, 0.15) is 0 Å². The summed E-state index contributed by atoms with van der Waals surface area (Å²) in [5.74, 6) is -0.778. The van der Waals surface area contributed by atoms with Crippen molar-refractivity contribution in [1.82, 2.24) is 0 Å². The summed E-state index contributed by atoms with van der Waals surface area (Å²) in [5.41, 5.74) is 0. The van der Waals surface area contributed by atoms with E-state index in [2.05, 4.69) is 0 Å². The molecule has 8 heavy (non-hydrogen) atoms. The Kier molecular flexibility index (Phi) is 1.21. The van der Waals surface area contributed by atoms with Gasteiger partial charge in [-0.05, 0) is 6.92 Å². The molecule has 0 aromatic heterocycles. The predicted molar refractivity (Wildman–Crippen MR) is 26.6 cm³/mol. The summed E-state index contributed by atoms with van der Waals surface area (Å²) in [4.78, 5) is 9.92. The Morgan fingerprint density at radius 2 is 2.38 bits per heavy atom. The van der Waals surface area contributed by atoms with Crippen molar-refractivity contribution < 1.29 is 14.6 Å². The molecule has 2 atom stereocenters. The molecule has 0 amide bonds. The van der Waals surface area contributed by atoms with Gasteiger partial charge in [0.05, 0.1) is 18.6 Å². The minimum Gasteiger partial charge on any atom is -0.481 e. The van der Waals surface area contributed by atoms with E-state index in [9.17, 15) is 4.79 Å². The number of aliphatic carboxylic acids is 1. The van der Waals surface area contributed by atoms with Crippen LogP contribution < -0.4 is 0 Å². The molecule has 3 heteroatoms. The van der Waals surface area contributed by atoms with E-state index in [1.54, 1.807) is 0 Å². The molecule has 0 aliphatic carbocycles. The fourth-order valence-corrected chi connectivity index (χ4v) is 0.617. The first-order chi connectivity index (χ1) is 3.70. The molecule has 1 saturated heterocycles. The number of carboxylic acid groups (broad SMARTS) is 1. The number of carbonyl (C=O) groups is 1. The second kappa shape index (κ2) is 1.74. The highest BCUT2D eigenvalue weighted by atomic mass is 16.6. The lowest BCUT2D eigenvalue weighted by molar-refractivity contribution is -0.137. The van der Waals surface area contributed by atoms with Crippen LogP contribution in [0.3, 0.4) is 0 Å². The smallest absolute Gasteiger partial charge is 0.306 e. The van der Waals surface area contributed by atoms with Crippen molar-refractivity contribution in [2.75, 3.05) is 0 Å². The van der Waals surface area contributed by atoms with Gasteiger partial charge < -0.3 is 9.84 Å². The Bertz CT molecular complexity index is 110. The largest absolute Gasteiger partial charge is 0.481 e. The first-order valence-electron chi connectivity index (χ1n) is 2.57. The minimum atomic E-state index is -0.778. The van der Waals surface area contributed by atoms with Gasteiger partial charge >= 0.3 is 5.97 Å². The third-order valence-electron chi connectivity index (χ3n) is 1.21. The standard InChI is InChI=1S/C5H8O3/c1-3-4(8-3)2-5(6)7/h3-4H,2H2,1H3,(H,6,7)/t3?,4-/m0/s1. The predicted octanol–water partition coefficient (Wildman–Crippen LogP) is 0.248. The van der Waals surface area contributed by atoms with Crippen molar-refractivity contribution in [2.24, 2.45) is 0 Å². The molecule has 1 rings (SSSR count). The lowest BCUT2D eigenvalue weighted by Crippen LogP contribution is -2.00. The Balaban J connectivity index is 2.14. The summed E-state index contributed by atoms with van der Waals surface area (Å²) in [6, 6.07) is 0. The zero-order valence-electron chi connectivity index (χ0n) is 4.63. The fourth-order valence-electron chi connectivity index (χ4n) is 0.617. The van der Waals surface area contributed by atoms with E-state index in [0.29, 0.717) is 0 Å². The van der Waals surface area contributed by atoms with Gasteiger partial charge in [-0.1, -0.05) is 0 Å². The van der Waals surface area contributed by atoms with E-state index < -0.39 is 5.97 Å². The Hall–Kier alpha value is -0.570. The molecule has 3 nitrogen and oxygen atoms in total. The van der Waals surface area contributed by atoms with Crippen LogP contribution in [0.5, 0.6) is 0 Å². The van der Waals surface area contributed by atoms with Crippen LogP contribution in [0.2, 0.25) is 0 Å². The van der Waals surface area contributed by atoms with Crippen LogP contribution in [0.1, 0.15) is 13.3 Å². The van der Waals surface area contributed by atoms with Crippen molar-refractivity contribution in [3.63, 3.8) is 0 Å². The number of hydrogen-bond donors (Lipinski definition) is 1. The zero-order chi connectivity index (χ0) is 6.15. The van der Waals surface area contributed by atoms with Crippen molar-refractivity contribution in [1.29, 1.82) is 0 Å². The lowest BCUT2D eigenvalue weighted by Gasteiger charge is -1.81. The molecular weight excluding hydrogens is 108 g/mol. The maximum Gasteiger partial charge on any atom is 0.306 e. The van der Waals surface area contributed by atoms with Crippen molar-refractivity contribution in [2.45, 2.75) is 25.6 Å². The lowest BCUT2D eigenvalue weighted by atomic mass is 10.3. The average Bonchev–Trinajstić information content (AvgIpc) is 2.17. The van der Waals surface area contributed by atoms with E-state index in [-0.39, 0.29) is 18.6 Å². The molecule has 0 spiro atoms. The first-order valence-corrected chi connectivity index (χ1v) is 2.57. The third kappa shape index (κ3) is 1.20. The van der Waals surface area contributed by atoms with Gasteiger partial charge in [-0.25, -0.2) is 0 Å². The highest BCUT2D eigenvalue weighted by Crippen LogP contribution is 2.23. The number of rotatable bonds is 2. The summed E-state index contributed by atoms with van der Waals surface area (Å²) in [6.45, 7) is 1.87. The highest BCUT2D eigenvalue weighted by Gasteiger charge is 2.35. The third-order valence-corrected chi connectivity index (χ3v) is 1.21. The van der Waals surface area contributed by atoms with Gasteiger partial charge in [-0.3, -0.25) is 4.79 Å². The molecule has 1 heterocycles. The van der Waals surface area contributed by atoms with Crippen LogP contribution in [-0.2, 0) is 9.53 Å². The number of hydrogen-bond acceptors (Lipinski definition) is 2. The SMILES string of the molecule is CC1O[C@H]1CC(=O)O. The van der Waals surface area contributed by atoms with Gasteiger partial charge in [0.2, 0.25) is 0 Å². The summed E-state index contributed by atoms with van der Waals surface area (Å²) in [6.07, 6.45) is 0.319. The molecule has 1 aliphatic rings. The summed E-state index contributed by atoms with van der Waals surface area (Å²) in [5, 5.41) is 8.16. The van der Waals surface area contributed by atoms with E-state index in [4.69, 9.17) is 9.84 Å². The number of carboxylic acids is 1. The Morgan fingerprint density at radius 3 is 2.50 bits per heavy atom. The molecular formula is C5H8O3. The molecule has 0 aromatic rings. The van der Waals surface area contributed by atoms with Crippen LogP contribution in [0.4, 0.5) is 0 Å². The number of epoxide rings is 1. The molecule has 0 aromatic carbocycles. The maximum atomic E-state index is 9.92. The molecule has 0 bridgehead atoms. The van der Waals surface area contributed by atoms with Crippen LogP contribution in [0.15, 0.2) is 0 Å². The summed E-state index contributed by atoms with van der Waals surface area (Å²) in [7, 11) is 0. The first kappa shape index (κ1) is 5.56. The van der Waals surface area contributed by atoms with Gasteiger partial charge in [-0.2, -0.15) is 0 Å². The second-order valence-electron chi connectivity index (χ2n) is 1.98. The van der Waals surface area contributed by atoms with E-state index in [1.807, 2.05) is 6.92 Å². The van der Waals surface area contributed by atoms with Crippen molar-refractivity contribution in [3.8, 4) is 0 Å². The Morgan fingerprint density at radius 1 is 1.88 bits per heavy atom. The normalized spacial score (nSPS) is 34.6. The Labute approximate surface area is 47.3 Å². The minimum absolute atomic E-state index is 0.00694. The molecule has 0 radical (unpaired) electrons. The van der Waals surface area contributed by atoms with E-state index in [1.165, 1.54) is 0 Å². The molecule has 1 aliphatic heterocycles. The van der Waals surface area contributed by atoms with Crippen LogP contribution in [0.25, 0.3) is 0 Å². The molecule has 1 N–H and O–H groups in total. The molecule has 0 saturated carbocycles. The van der Waals surface area contributed by atoms with E-state index >= 15 is 0 Å². The topological polar surface area (TPSA) is 49.8 Å². The second-order valence-corrected chi connectivity index (χ2v) is 1.98. The van der Waals surface area contributed by atoms with Crippen LogP contribution in [-0.4, -0.2) is 23.3 Å². The average molecular weight is 116 g/mol. The fraction of sp³-hybridized carbons (Fsp3) is 0.800. The van der Waals surface area contributed by atoms with Crippen LogP contribution >= 0.6 is 0 Å². The van der Waals surface area contributed by atoms with Gasteiger partial charge in [0.15, 0.2) is 0 Å². The zero-order valence-corrected chi connectivity index (χ0v) is 4.63.